The van der Waals surface area contributed by atoms with Crippen LogP contribution in [0.5, 0.6) is 11.5 Å². The van der Waals surface area contributed by atoms with E-state index < -0.39 is 17.1 Å². The Balaban J connectivity index is 1.46. The molecule has 0 bridgehead atoms. The maximum absolute atomic E-state index is 12.9. The predicted molar refractivity (Wildman–Crippen MR) is 139 cm³/mol. The standard InChI is InChI=1S/C26H21BrN2O5S/c1-33-21-10-8-20(9-11-21)28-24(30)15-29-25(31)23(35-26(29)32)14-18-13-19(27)7-12-22(18)34-16-17-5-3-2-4-6-17/h2-14H,15-16H2,1H3,(H,28,30)/b23-14-. The Labute approximate surface area is 215 Å². The van der Waals surface area contributed by atoms with Gasteiger partial charge in [-0.3, -0.25) is 19.3 Å². The fourth-order valence-corrected chi connectivity index (χ4v) is 4.50. The van der Waals surface area contributed by atoms with E-state index in [1.165, 1.54) is 0 Å². The van der Waals surface area contributed by atoms with Gasteiger partial charge >= 0.3 is 0 Å². The molecule has 178 valence electrons. The van der Waals surface area contributed by atoms with Crippen LogP contribution in [0, 0.1) is 0 Å². The number of amides is 3. The minimum Gasteiger partial charge on any atom is -0.497 e. The van der Waals surface area contributed by atoms with Crippen molar-refractivity contribution in [3.63, 3.8) is 0 Å². The SMILES string of the molecule is COc1ccc(NC(=O)CN2C(=O)S/C(=C\c3cc(Br)ccc3OCc3ccccc3)C2=O)cc1. The number of rotatable bonds is 8. The first-order chi connectivity index (χ1) is 16.9. The van der Waals surface area contributed by atoms with Gasteiger partial charge in [0.25, 0.3) is 11.1 Å². The molecule has 1 heterocycles. The molecule has 3 aromatic rings. The van der Waals surface area contributed by atoms with Gasteiger partial charge in [-0.1, -0.05) is 46.3 Å². The molecular weight excluding hydrogens is 532 g/mol. The highest BCUT2D eigenvalue weighted by atomic mass is 79.9. The molecule has 3 amide bonds. The van der Waals surface area contributed by atoms with Crippen LogP contribution >= 0.6 is 27.7 Å². The number of methoxy groups -OCH3 is 1. The summed E-state index contributed by atoms with van der Waals surface area (Å²) in [6.07, 6.45) is 1.61. The first-order valence-corrected chi connectivity index (χ1v) is 12.2. The fraction of sp³-hybridized carbons (Fsp3) is 0.115. The van der Waals surface area contributed by atoms with Crippen molar-refractivity contribution in [2.75, 3.05) is 19.0 Å². The minimum atomic E-state index is -0.529. The molecule has 9 heteroatoms. The molecule has 1 aliphatic rings. The average molecular weight is 553 g/mol. The third kappa shape index (κ3) is 6.32. The zero-order valence-corrected chi connectivity index (χ0v) is 21.1. The lowest BCUT2D eigenvalue weighted by Gasteiger charge is -2.13. The quantitative estimate of drug-likeness (QED) is 0.360. The fourth-order valence-electron chi connectivity index (χ4n) is 3.29. The second-order valence-electron chi connectivity index (χ2n) is 7.50. The summed E-state index contributed by atoms with van der Waals surface area (Å²) in [4.78, 5) is 39.0. The molecule has 3 aromatic carbocycles. The summed E-state index contributed by atoms with van der Waals surface area (Å²) < 4.78 is 11.9. The van der Waals surface area contributed by atoms with Crippen molar-refractivity contribution < 1.29 is 23.9 Å². The Hall–Kier alpha value is -3.56. The summed E-state index contributed by atoms with van der Waals surface area (Å²) in [6, 6.07) is 21.9. The van der Waals surface area contributed by atoms with Crippen molar-refractivity contribution in [2.45, 2.75) is 6.61 Å². The Morgan fingerprint density at radius 3 is 2.51 bits per heavy atom. The van der Waals surface area contributed by atoms with Crippen LogP contribution in [0.25, 0.3) is 6.08 Å². The molecule has 1 fully saturated rings. The second kappa shape index (κ2) is 11.2. The van der Waals surface area contributed by atoms with Crippen molar-refractivity contribution >= 4 is 56.5 Å². The summed E-state index contributed by atoms with van der Waals surface area (Å²) in [7, 11) is 1.55. The van der Waals surface area contributed by atoms with Gasteiger partial charge in [0, 0.05) is 15.7 Å². The number of anilines is 1. The number of carbonyl (C=O) groups is 3. The van der Waals surface area contributed by atoms with E-state index in [9.17, 15) is 14.4 Å². The summed E-state index contributed by atoms with van der Waals surface area (Å²) in [5.41, 5.74) is 2.18. The highest BCUT2D eigenvalue weighted by molar-refractivity contribution is 9.10. The third-order valence-electron chi connectivity index (χ3n) is 5.04. The number of imide groups is 1. The first kappa shape index (κ1) is 24.6. The largest absolute Gasteiger partial charge is 0.497 e. The first-order valence-electron chi connectivity index (χ1n) is 10.6. The highest BCUT2D eigenvalue weighted by Gasteiger charge is 2.36. The molecule has 4 rings (SSSR count). The number of halogens is 1. The summed E-state index contributed by atoms with van der Waals surface area (Å²) in [6.45, 7) is -0.0276. The van der Waals surface area contributed by atoms with Crippen LogP contribution in [0.2, 0.25) is 0 Å². The highest BCUT2D eigenvalue weighted by Crippen LogP contribution is 2.35. The molecule has 0 atom stereocenters. The van der Waals surface area contributed by atoms with Crippen molar-refractivity contribution in [3.8, 4) is 11.5 Å². The van der Waals surface area contributed by atoms with E-state index in [1.54, 1.807) is 43.5 Å². The molecule has 1 N–H and O–H groups in total. The van der Waals surface area contributed by atoms with Gasteiger partial charge in [0.15, 0.2) is 0 Å². The van der Waals surface area contributed by atoms with Gasteiger partial charge in [0.05, 0.1) is 12.0 Å². The molecule has 1 saturated heterocycles. The van der Waals surface area contributed by atoms with Gasteiger partial charge in [-0.15, -0.1) is 0 Å². The van der Waals surface area contributed by atoms with E-state index in [2.05, 4.69) is 21.2 Å². The van der Waals surface area contributed by atoms with Crippen LogP contribution in [-0.4, -0.2) is 35.6 Å². The number of hydrogen-bond donors (Lipinski definition) is 1. The van der Waals surface area contributed by atoms with Gasteiger partial charge in [0.2, 0.25) is 5.91 Å². The van der Waals surface area contributed by atoms with E-state index in [1.807, 2.05) is 42.5 Å². The number of carbonyl (C=O) groups excluding carboxylic acids is 3. The Kier molecular flexibility index (Phi) is 7.89. The van der Waals surface area contributed by atoms with Crippen molar-refractivity contribution in [1.29, 1.82) is 0 Å². The molecular formula is C26H21BrN2O5S. The van der Waals surface area contributed by atoms with Gasteiger partial charge in [-0.2, -0.15) is 0 Å². The van der Waals surface area contributed by atoms with E-state index in [4.69, 9.17) is 9.47 Å². The molecule has 0 radical (unpaired) electrons. The Bertz CT molecular complexity index is 1280. The molecule has 1 aliphatic heterocycles. The van der Waals surface area contributed by atoms with E-state index >= 15 is 0 Å². The monoisotopic (exact) mass is 552 g/mol. The number of benzene rings is 3. The summed E-state index contributed by atoms with van der Waals surface area (Å²) in [5.74, 6) is 0.215. The van der Waals surface area contributed by atoms with Crippen molar-refractivity contribution in [3.05, 3.63) is 93.3 Å². The minimum absolute atomic E-state index is 0.218. The van der Waals surface area contributed by atoms with E-state index in [0.29, 0.717) is 29.4 Å². The lowest BCUT2D eigenvalue weighted by Crippen LogP contribution is -2.36. The van der Waals surface area contributed by atoms with Crippen LogP contribution in [0.3, 0.4) is 0 Å². The topological polar surface area (TPSA) is 84.9 Å². The second-order valence-corrected chi connectivity index (χ2v) is 9.41. The predicted octanol–water partition coefficient (Wildman–Crippen LogP) is 5.71. The Morgan fingerprint density at radius 2 is 1.80 bits per heavy atom. The number of hydrogen-bond acceptors (Lipinski definition) is 6. The Morgan fingerprint density at radius 1 is 1.06 bits per heavy atom. The maximum Gasteiger partial charge on any atom is 0.294 e. The van der Waals surface area contributed by atoms with Crippen LogP contribution in [0.1, 0.15) is 11.1 Å². The molecule has 0 aromatic heterocycles. The zero-order chi connectivity index (χ0) is 24.8. The van der Waals surface area contributed by atoms with Gasteiger partial charge in [-0.05, 0) is 65.9 Å². The van der Waals surface area contributed by atoms with Gasteiger partial charge < -0.3 is 14.8 Å². The van der Waals surface area contributed by atoms with Crippen molar-refractivity contribution in [1.82, 2.24) is 4.90 Å². The number of ether oxygens (including phenoxy) is 2. The number of nitrogens with zero attached hydrogens (tertiary/aromatic N) is 1. The molecule has 0 spiro atoms. The van der Waals surface area contributed by atoms with E-state index in [-0.39, 0.29) is 11.4 Å². The number of nitrogens with one attached hydrogen (secondary N) is 1. The number of thioether (sulfide) groups is 1. The van der Waals surface area contributed by atoms with Crippen molar-refractivity contribution in [2.24, 2.45) is 0 Å². The summed E-state index contributed by atoms with van der Waals surface area (Å²) >= 11 is 4.23. The van der Waals surface area contributed by atoms with Crippen LogP contribution in [0.4, 0.5) is 10.5 Å². The zero-order valence-electron chi connectivity index (χ0n) is 18.7. The normalized spacial score (nSPS) is 14.3. The molecule has 0 saturated carbocycles. The lowest BCUT2D eigenvalue weighted by molar-refractivity contribution is -0.127. The average Bonchev–Trinajstić information content (AvgIpc) is 3.12. The third-order valence-corrected chi connectivity index (χ3v) is 6.45. The molecule has 7 nitrogen and oxygen atoms in total. The van der Waals surface area contributed by atoms with Gasteiger partial charge in [-0.25, -0.2) is 0 Å². The van der Waals surface area contributed by atoms with Crippen LogP contribution in [-0.2, 0) is 16.2 Å². The smallest absolute Gasteiger partial charge is 0.294 e. The maximum atomic E-state index is 12.9. The van der Waals surface area contributed by atoms with Gasteiger partial charge in [0.1, 0.15) is 24.7 Å². The molecule has 0 unspecified atom stereocenters. The van der Waals surface area contributed by atoms with Crippen LogP contribution in [0.15, 0.2) is 82.2 Å². The summed E-state index contributed by atoms with van der Waals surface area (Å²) in [5, 5.41) is 2.17. The molecule has 35 heavy (non-hydrogen) atoms. The lowest BCUT2D eigenvalue weighted by atomic mass is 10.1. The molecule has 0 aliphatic carbocycles. The van der Waals surface area contributed by atoms with Crippen LogP contribution < -0.4 is 14.8 Å². The van der Waals surface area contributed by atoms with E-state index in [0.717, 1.165) is 26.7 Å².